The van der Waals surface area contributed by atoms with Crippen molar-refractivity contribution in [1.29, 1.82) is 0 Å². The van der Waals surface area contributed by atoms with E-state index in [4.69, 9.17) is 8.92 Å². The third-order valence-electron chi connectivity index (χ3n) is 8.43. The van der Waals surface area contributed by atoms with Crippen LogP contribution in [0, 0.1) is 19.8 Å². The van der Waals surface area contributed by atoms with E-state index in [1.165, 1.54) is 16.1 Å². The predicted octanol–water partition coefficient (Wildman–Crippen LogP) is 6.80. The van der Waals surface area contributed by atoms with Crippen LogP contribution in [0.5, 0.6) is 0 Å². The molecule has 0 N–H and O–H groups in total. The molecule has 0 saturated carbocycles. The number of nitrogens with zero attached hydrogens (tertiary/aromatic N) is 2. The number of likely N-dealkylation sites (N-methyl/N-ethyl adjacent to an activating group) is 1. The van der Waals surface area contributed by atoms with Crippen LogP contribution in [0.15, 0.2) is 82.7 Å². The molecule has 246 valence electrons. The van der Waals surface area contributed by atoms with Gasteiger partial charge in [0.05, 0.1) is 21.9 Å². The summed E-state index contributed by atoms with van der Waals surface area (Å²) >= 11 is 0. The largest absolute Gasteiger partial charge is 0.444 e. The first-order valence-corrected chi connectivity index (χ1v) is 18.2. The molecule has 1 aliphatic rings. The molecule has 0 saturated heterocycles. The van der Waals surface area contributed by atoms with Crippen molar-refractivity contribution < 1.29 is 30.6 Å². The van der Waals surface area contributed by atoms with Crippen molar-refractivity contribution in [2.75, 3.05) is 13.7 Å². The topological polar surface area (TPSA) is 112 Å². The summed E-state index contributed by atoms with van der Waals surface area (Å²) in [5, 5.41) is 0.831. The summed E-state index contributed by atoms with van der Waals surface area (Å²) in [4.78, 5) is 15.2. The molecule has 1 amide bonds. The Kier molecular flexibility index (Phi) is 9.15. The average Bonchev–Trinajstić information content (AvgIpc) is 3.37. The molecule has 4 aromatic rings. The van der Waals surface area contributed by atoms with Crippen molar-refractivity contribution in [2.24, 2.45) is 5.92 Å². The van der Waals surface area contributed by atoms with E-state index in [1.807, 2.05) is 32.9 Å². The van der Waals surface area contributed by atoms with Crippen molar-refractivity contribution in [2.45, 2.75) is 81.7 Å². The van der Waals surface area contributed by atoms with Crippen molar-refractivity contribution >= 4 is 37.1 Å². The Morgan fingerprint density at radius 2 is 1.52 bits per heavy atom. The van der Waals surface area contributed by atoms with Gasteiger partial charge in [0, 0.05) is 30.6 Å². The van der Waals surface area contributed by atoms with Crippen LogP contribution < -0.4 is 0 Å². The average molecular weight is 667 g/mol. The van der Waals surface area contributed by atoms with E-state index < -0.39 is 31.8 Å². The number of hydrogen-bond acceptors (Lipinski definition) is 7. The van der Waals surface area contributed by atoms with E-state index in [0.717, 1.165) is 27.6 Å². The van der Waals surface area contributed by atoms with Crippen LogP contribution in [0.2, 0.25) is 0 Å². The molecule has 0 aliphatic heterocycles. The lowest BCUT2D eigenvalue weighted by Gasteiger charge is -2.39. The van der Waals surface area contributed by atoms with E-state index in [0.29, 0.717) is 18.4 Å². The van der Waals surface area contributed by atoms with Crippen molar-refractivity contribution in [1.82, 2.24) is 8.87 Å². The van der Waals surface area contributed by atoms with Gasteiger partial charge in [0.2, 0.25) is 0 Å². The zero-order valence-corrected chi connectivity index (χ0v) is 29.0. The number of amides is 1. The lowest BCUT2D eigenvalue weighted by Crippen LogP contribution is -2.46. The Bertz CT molecular complexity index is 1960. The summed E-state index contributed by atoms with van der Waals surface area (Å²) in [6.07, 6.45) is 2.04. The van der Waals surface area contributed by atoms with Crippen LogP contribution in [0.25, 0.3) is 10.9 Å². The van der Waals surface area contributed by atoms with E-state index in [1.54, 1.807) is 81.4 Å². The molecule has 0 radical (unpaired) electrons. The number of ether oxygens (including phenoxy) is 1. The minimum absolute atomic E-state index is 0.0543. The summed E-state index contributed by atoms with van der Waals surface area (Å²) in [7, 11) is -6.18. The van der Waals surface area contributed by atoms with Crippen LogP contribution >= 0.6 is 0 Å². The molecule has 0 spiro atoms. The third-order valence-corrected chi connectivity index (χ3v) is 11.4. The SMILES string of the molecule is Cc1ccc(S(=O)(=O)OCC(C)C[C@H]2c3cccc4c3c(cn4S(=O)(=O)c3ccc(C)cc3)C[C@H]2N(C)C(=O)OC(C)(C)C)cc1. The van der Waals surface area contributed by atoms with Gasteiger partial charge in [-0.2, -0.15) is 8.42 Å². The molecule has 0 fully saturated rings. The Hall–Kier alpha value is -3.67. The monoisotopic (exact) mass is 666 g/mol. The maximum Gasteiger partial charge on any atom is 0.410 e. The number of hydrogen-bond donors (Lipinski definition) is 0. The quantitative estimate of drug-likeness (QED) is 0.181. The highest BCUT2D eigenvalue weighted by Gasteiger charge is 2.39. The number of rotatable bonds is 9. The van der Waals surface area contributed by atoms with Gasteiger partial charge in [-0.1, -0.05) is 54.4 Å². The molecule has 5 rings (SSSR count). The predicted molar refractivity (Wildman–Crippen MR) is 178 cm³/mol. The zero-order valence-electron chi connectivity index (χ0n) is 27.4. The molecule has 1 unspecified atom stereocenters. The fourth-order valence-corrected chi connectivity index (χ4v) is 8.47. The number of carbonyl (C=O) groups is 1. The number of aromatic nitrogens is 1. The molecule has 3 atom stereocenters. The van der Waals surface area contributed by atoms with E-state index in [9.17, 15) is 21.6 Å². The lowest BCUT2D eigenvalue weighted by molar-refractivity contribution is 0.0185. The Morgan fingerprint density at radius 1 is 0.935 bits per heavy atom. The fraction of sp³-hybridized carbons (Fsp3) is 0.400. The maximum atomic E-state index is 13.9. The first-order valence-electron chi connectivity index (χ1n) is 15.3. The number of carbonyl (C=O) groups excluding carboxylic acids is 1. The summed E-state index contributed by atoms with van der Waals surface area (Å²) in [5.41, 5.74) is 3.45. The lowest BCUT2D eigenvalue weighted by atomic mass is 9.75. The van der Waals surface area contributed by atoms with Gasteiger partial charge in [-0.25, -0.2) is 17.2 Å². The summed E-state index contributed by atoms with van der Waals surface area (Å²) in [6, 6.07) is 18.5. The molecule has 11 heteroatoms. The van der Waals surface area contributed by atoms with Crippen molar-refractivity contribution in [3.05, 3.63) is 95.2 Å². The second-order valence-electron chi connectivity index (χ2n) is 13.4. The van der Waals surface area contributed by atoms with Gasteiger partial charge in [0.15, 0.2) is 0 Å². The minimum atomic E-state index is -3.96. The van der Waals surface area contributed by atoms with Crippen molar-refractivity contribution in [3.8, 4) is 0 Å². The Labute approximate surface area is 272 Å². The van der Waals surface area contributed by atoms with E-state index in [2.05, 4.69) is 0 Å². The fourth-order valence-electron chi connectivity index (χ4n) is 6.07. The highest BCUT2D eigenvalue weighted by molar-refractivity contribution is 7.90. The van der Waals surface area contributed by atoms with Crippen LogP contribution in [0.3, 0.4) is 0 Å². The molecule has 1 aliphatic carbocycles. The van der Waals surface area contributed by atoms with Crippen molar-refractivity contribution in [3.63, 3.8) is 0 Å². The third kappa shape index (κ3) is 6.86. The second-order valence-corrected chi connectivity index (χ2v) is 16.8. The maximum absolute atomic E-state index is 13.9. The number of aryl methyl sites for hydroxylation is 2. The summed E-state index contributed by atoms with van der Waals surface area (Å²) in [5.74, 6) is -0.484. The van der Waals surface area contributed by atoms with Gasteiger partial charge < -0.3 is 9.64 Å². The normalized spacial score (nSPS) is 17.5. The highest BCUT2D eigenvalue weighted by Crippen LogP contribution is 2.43. The minimum Gasteiger partial charge on any atom is -0.444 e. The summed E-state index contributed by atoms with van der Waals surface area (Å²) in [6.45, 7) is 11.1. The first kappa shape index (κ1) is 33.7. The Balaban J connectivity index is 1.51. The van der Waals surface area contributed by atoms with Crippen LogP contribution in [0.1, 0.15) is 62.3 Å². The summed E-state index contributed by atoms with van der Waals surface area (Å²) < 4.78 is 66.2. The Morgan fingerprint density at radius 3 is 2.11 bits per heavy atom. The van der Waals surface area contributed by atoms with E-state index in [-0.39, 0.29) is 34.3 Å². The van der Waals surface area contributed by atoms with Gasteiger partial charge in [0.25, 0.3) is 20.1 Å². The van der Waals surface area contributed by atoms with E-state index >= 15 is 0 Å². The number of benzene rings is 3. The highest BCUT2D eigenvalue weighted by atomic mass is 32.2. The van der Waals surface area contributed by atoms with Gasteiger partial charge in [0.1, 0.15) is 5.60 Å². The smallest absolute Gasteiger partial charge is 0.410 e. The van der Waals surface area contributed by atoms with Gasteiger partial charge in [-0.3, -0.25) is 4.18 Å². The molecular weight excluding hydrogens is 625 g/mol. The van der Waals surface area contributed by atoms with Crippen LogP contribution in [0.4, 0.5) is 4.79 Å². The standard InChI is InChI=1S/C35H42N2O7S2/c1-23-11-15-27(16-12-23)45(39,40)37-21-26-20-32(36(7)34(38)44-35(4,5)6)30(29-9-8-10-31(37)33(26)29)19-25(3)22-43-46(41,42)28-17-13-24(2)14-18-28/h8-18,21,25,30,32H,19-20,22H2,1-7H3/t25?,30-,32+/m0/s1. The molecule has 3 aromatic carbocycles. The molecule has 46 heavy (non-hydrogen) atoms. The first-order chi connectivity index (χ1) is 21.5. The van der Waals surface area contributed by atoms with Gasteiger partial charge >= 0.3 is 6.09 Å². The molecule has 1 heterocycles. The zero-order chi connectivity index (χ0) is 33.6. The van der Waals surface area contributed by atoms with Gasteiger partial charge in [-0.05, 0) is 94.8 Å². The molecule has 9 nitrogen and oxygen atoms in total. The van der Waals surface area contributed by atoms with Crippen LogP contribution in [-0.2, 0) is 35.5 Å². The van der Waals surface area contributed by atoms with Crippen LogP contribution in [-0.4, -0.2) is 57.1 Å². The molecule has 1 aromatic heterocycles. The second kappa shape index (κ2) is 12.5. The molecular formula is C35H42N2O7S2. The van der Waals surface area contributed by atoms with Gasteiger partial charge in [-0.15, -0.1) is 0 Å². The molecule has 0 bridgehead atoms.